The number of fused-ring (bicyclic) bond motifs is 1. The van der Waals surface area contributed by atoms with Gasteiger partial charge in [0.1, 0.15) is 0 Å². The van der Waals surface area contributed by atoms with Crippen molar-refractivity contribution in [1.29, 1.82) is 0 Å². The predicted molar refractivity (Wildman–Crippen MR) is 103 cm³/mol. The lowest BCUT2D eigenvalue weighted by atomic mass is 10.0. The summed E-state index contributed by atoms with van der Waals surface area (Å²) in [7, 11) is 3.90. The Kier molecular flexibility index (Phi) is 5.56. The van der Waals surface area contributed by atoms with Crippen LogP contribution < -0.4 is 10.2 Å². The van der Waals surface area contributed by atoms with Gasteiger partial charge in [0.2, 0.25) is 0 Å². The van der Waals surface area contributed by atoms with Crippen LogP contribution in [0.5, 0.6) is 0 Å². The van der Waals surface area contributed by atoms with Crippen molar-refractivity contribution in [2.45, 2.75) is 25.7 Å². The molecule has 1 amide bonds. The normalized spacial score (nSPS) is 12.4. The molecule has 2 aromatic rings. The molecule has 0 saturated carbocycles. The molecule has 5 heteroatoms. The third-order valence-electron chi connectivity index (χ3n) is 4.54. The number of anilines is 2. The molecule has 0 unspecified atom stereocenters. The highest BCUT2D eigenvalue weighted by molar-refractivity contribution is 5.93. The van der Waals surface area contributed by atoms with Gasteiger partial charge in [-0.3, -0.25) is 9.59 Å². The largest absolute Gasteiger partial charge is 0.455 e. The van der Waals surface area contributed by atoms with Crippen molar-refractivity contribution in [2.75, 3.05) is 30.9 Å². The Bertz CT molecular complexity index is 797. The number of nitrogens with zero attached hydrogens (tertiary/aromatic N) is 1. The summed E-state index contributed by atoms with van der Waals surface area (Å²) in [5, 5.41) is 2.73. The summed E-state index contributed by atoms with van der Waals surface area (Å²) >= 11 is 0. The minimum Gasteiger partial charge on any atom is -0.455 e. The lowest BCUT2D eigenvalue weighted by molar-refractivity contribution is -0.146. The molecule has 26 heavy (non-hydrogen) atoms. The lowest BCUT2D eigenvalue weighted by Gasteiger charge is -2.13. The number of nitrogens with one attached hydrogen (secondary N) is 1. The van der Waals surface area contributed by atoms with Crippen LogP contribution in [0.2, 0.25) is 0 Å². The molecular weight excluding hydrogens is 328 g/mol. The highest BCUT2D eigenvalue weighted by Gasteiger charge is 2.13. The Balaban J connectivity index is 1.45. The zero-order chi connectivity index (χ0) is 18.5. The molecular formula is C21H24N2O3. The van der Waals surface area contributed by atoms with Gasteiger partial charge in [0.05, 0.1) is 6.42 Å². The van der Waals surface area contributed by atoms with E-state index in [1.807, 2.05) is 49.3 Å². The fourth-order valence-corrected chi connectivity index (χ4v) is 3.14. The highest BCUT2D eigenvalue weighted by Crippen LogP contribution is 2.23. The SMILES string of the molecule is CN(C)c1ccc(NC(=O)COC(=O)Cc2ccc3c(c2)CCC3)cc1. The molecule has 1 aliphatic carbocycles. The summed E-state index contributed by atoms with van der Waals surface area (Å²) in [4.78, 5) is 25.9. The summed E-state index contributed by atoms with van der Waals surface area (Å²) in [5.41, 5.74) is 5.37. The molecule has 0 bridgehead atoms. The van der Waals surface area contributed by atoms with E-state index in [-0.39, 0.29) is 24.9 Å². The van der Waals surface area contributed by atoms with E-state index in [4.69, 9.17) is 4.74 Å². The maximum atomic E-state index is 12.0. The zero-order valence-electron chi connectivity index (χ0n) is 15.2. The quantitative estimate of drug-likeness (QED) is 0.812. The van der Waals surface area contributed by atoms with Crippen molar-refractivity contribution in [2.24, 2.45) is 0 Å². The third-order valence-corrected chi connectivity index (χ3v) is 4.54. The zero-order valence-corrected chi connectivity index (χ0v) is 15.2. The summed E-state index contributed by atoms with van der Waals surface area (Å²) in [5.74, 6) is -0.731. The van der Waals surface area contributed by atoms with E-state index in [9.17, 15) is 9.59 Å². The first-order valence-electron chi connectivity index (χ1n) is 8.85. The van der Waals surface area contributed by atoms with Gasteiger partial charge < -0.3 is 15.0 Å². The van der Waals surface area contributed by atoms with Gasteiger partial charge in [0.25, 0.3) is 5.91 Å². The van der Waals surface area contributed by atoms with Crippen LogP contribution in [0.15, 0.2) is 42.5 Å². The van der Waals surface area contributed by atoms with Crippen molar-refractivity contribution in [3.63, 3.8) is 0 Å². The first kappa shape index (κ1) is 18.0. The van der Waals surface area contributed by atoms with E-state index in [0.29, 0.717) is 5.69 Å². The minimum atomic E-state index is -0.388. The van der Waals surface area contributed by atoms with Crippen LogP contribution >= 0.6 is 0 Å². The van der Waals surface area contributed by atoms with Gasteiger partial charge in [-0.2, -0.15) is 0 Å². The molecule has 3 rings (SSSR count). The highest BCUT2D eigenvalue weighted by atomic mass is 16.5. The molecule has 1 N–H and O–H groups in total. The van der Waals surface area contributed by atoms with E-state index in [2.05, 4.69) is 17.4 Å². The Labute approximate surface area is 154 Å². The van der Waals surface area contributed by atoms with Crippen LogP contribution in [-0.4, -0.2) is 32.6 Å². The smallest absolute Gasteiger partial charge is 0.310 e. The van der Waals surface area contributed by atoms with Gasteiger partial charge in [0.15, 0.2) is 6.61 Å². The van der Waals surface area contributed by atoms with Gasteiger partial charge >= 0.3 is 5.97 Å². The Morgan fingerprint density at radius 2 is 1.77 bits per heavy atom. The van der Waals surface area contributed by atoms with Crippen molar-refractivity contribution in [3.8, 4) is 0 Å². The van der Waals surface area contributed by atoms with Gasteiger partial charge in [-0.1, -0.05) is 18.2 Å². The summed E-state index contributed by atoms with van der Waals surface area (Å²) < 4.78 is 5.10. The molecule has 0 aliphatic heterocycles. The van der Waals surface area contributed by atoms with Crippen molar-refractivity contribution in [3.05, 3.63) is 59.2 Å². The van der Waals surface area contributed by atoms with Crippen molar-refractivity contribution >= 4 is 23.3 Å². The van der Waals surface area contributed by atoms with E-state index in [0.717, 1.165) is 24.1 Å². The summed E-state index contributed by atoms with van der Waals surface area (Å²) in [6, 6.07) is 13.6. The number of rotatable bonds is 6. The molecule has 0 saturated heterocycles. The number of amides is 1. The number of esters is 1. The second kappa shape index (κ2) is 8.04. The molecule has 0 atom stereocenters. The lowest BCUT2D eigenvalue weighted by Crippen LogP contribution is -2.21. The molecule has 1 aliphatic rings. The van der Waals surface area contributed by atoms with Gasteiger partial charge in [-0.15, -0.1) is 0 Å². The molecule has 0 spiro atoms. The van der Waals surface area contributed by atoms with Crippen LogP contribution in [-0.2, 0) is 33.6 Å². The van der Waals surface area contributed by atoms with Crippen LogP contribution in [0.1, 0.15) is 23.1 Å². The Hall–Kier alpha value is -2.82. The fourth-order valence-electron chi connectivity index (χ4n) is 3.14. The number of hydrogen-bond acceptors (Lipinski definition) is 4. The minimum absolute atomic E-state index is 0.193. The van der Waals surface area contributed by atoms with Crippen LogP contribution in [0, 0.1) is 0 Å². The second-order valence-electron chi connectivity index (χ2n) is 6.78. The topological polar surface area (TPSA) is 58.6 Å². The van der Waals surface area contributed by atoms with Gasteiger partial charge in [-0.05, 0) is 60.2 Å². The van der Waals surface area contributed by atoms with E-state index in [1.54, 1.807) is 0 Å². The monoisotopic (exact) mass is 352 g/mol. The first-order valence-corrected chi connectivity index (χ1v) is 8.85. The number of benzene rings is 2. The van der Waals surface area contributed by atoms with Gasteiger partial charge in [-0.25, -0.2) is 0 Å². The first-order chi connectivity index (χ1) is 12.5. The molecule has 0 aromatic heterocycles. The molecule has 2 aromatic carbocycles. The Morgan fingerprint density at radius 3 is 2.50 bits per heavy atom. The predicted octanol–water partition coefficient (Wildman–Crippen LogP) is 2.97. The van der Waals surface area contributed by atoms with Crippen molar-refractivity contribution < 1.29 is 14.3 Å². The maximum Gasteiger partial charge on any atom is 0.310 e. The van der Waals surface area contributed by atoms with Crippen LogP contribution in [0.3, 0.4) is 0 Å². The summed E-state index contributed by atoms with van der Waals surface area (Å²) in [6.07, 6.45) is 3.57. The molecule has 0 heterocycles. The second-order valence-corrected chi connectivity index (χ2v) is 6.78. The fraction of sp³-hybridized carbons (Fsp3) is 0.333. The number of carbonyl (C=O) groups excluding carboxylic acids is 2. The average molecular weight is 352 g/mol. The third kappa shape index (κ3) is 4.63. The summed E-state index contributed by atoms with van der Waals surface area (Å²) in [6.45, 7) is -0.279. The number of aryl methyl sites for hydroxylation is 2. The van der Waals surface area contributed by atoms with Crippen LogP contribution in [0.25, 0.3) is 0 Å². The van der Waals surface area contributed by atoms with Crippen LogP contribution in [0.4, 0.5) is 11.4 Å². The average Bonchev–Trinajstić information content (AvgIpc) is 3.08. The molecule has 0 fully saturated rings. The number of hydrogen-bond donors (Lipinski definition) is 1. The van der Waals surface area contributed by atoms with E-state index in [1.165, 1.54) is 17.5 Å². The standard InChI is InChI=1S/C21H24N2O3/c1-23(2)19-10-8-18(9-11-19)22-20(24)14-26-21(25)13-15-6-7-16-4-3-5-17(16)12-15/h6-12H,3-5,13-14H2,1-2H3,(H,22,24). The van der Waals surface area contributed by atoms with Crippen molar-refractivity contribution in [1.82, 2.24) is 0 Å². The molecule has 136 valence electrons. The Morgan fingerprint density at radius 1 is 1.04 bits per heavy atom. The molecule has 0 radical (unpaired) electrons. The molecule has 5 nitrogen and oxygen atoms in total. The number of carbonyl (C=O) groups is 2. The van der Waals surface area contributed by atoms with E-state index < -0.39 is 0 Å². The van der Waals surface area contributed by atoms with E-state index >= 15 is 0 Å². The van der Waals surface area contributed by atoms with Gasteiger partial charge in [0, 0.05) is 25.5 Å². The number of ether oxygens (including phenoxy) is 1. The maximum absolute atomic E-state index is 12.0.